The number of carbonyl (C=O) groups is 1. The van der Waals surface area contributed by atoms with Gasteiger partial charge in [0.2, 0.25) is 5.69 Å². The number of carboxylic acid groups (broad SMARTS) is 1. The van der Waals surface area contributed by atoms with Gasteiger partial charge in [-0.05, 0) is 74.0 Å². The highest BCUT2D eigenvalue weighted by Crippen LogP contribution is 2.48. The fourth-order valence-electron chi connectivity index (χ4n) is 6.21. The first kappa shape index (κ1) is 32.9. The van der Waals surface area contributed by atoms with Crippen LogP contribution in [0.1, 0.15) is 54.9 Å². The molecule has 2 aromatic carbocycles. The summed E-state index contributed by atoms with van der Waals surface area (Å²) in [4.78, 5) is 17.4. The zero-order chi connectivity index (χ0) is 34.0. The van der Waals surface area contributed by atoms with Crippen LogP contribution in [0.15, 0.2) is 94.5 Å². The number of allylic oxidation sites excluding steroid dienone is 6. The molecule has 46 heavy (non-hydrogen) atoms. The second-order valence-electron chi connectivity index (χ2n) is 12.3. The summed E-state index contributed by atoms with van der Waals surface area (Å²) in [5.41, 5.74) is 4.53. The Morgan fingerprint density at radius 2 is 1.50 bits per heavy atom. The molecule has 5 rings (SSSR count). The van der Waals surface area contributed by atoms with Gasteiger partial charge in [0, 0.05) is 53.3 Å². The summed E-state index contributed by atoms with van der Waals surface area (Å²) in [6.07, 6.45) is 8.74. The lowest BCUT2D eigenvalue weighted by atomic mass is 9.81. The molecule has 3 N–H and O–H groups in total. The van der Waals surface area contributed by atoms with E-state index in [1.165, 1.54) is 36.5 Å². The molecule has 240 valence electrons. The van der Waals surface area contributed by atoms with Crippen molar-refractivity contribution in [2.45, 2.75) is 48.3 Å². The summed E-state index contributed by atoms with van der Waals surface area (Å²) in [7, 11) is -5.07. The molecule has 0 atom stereocenters. The first-order chi connectivity index (χ1) is 21.2. The summed E-state index contributed by atoms with van der Waals surface area (Å²) in [5, 5.41) is 9.39. The molecule has 11 nitrogen and oxygen atoms in total. The fourth-order valence-corrected chi connectivity index (χ4v) is 7.22. The number of carboxylic acids is 1. The van der Waals surface area contributed by atoms with Gasteiger partial charge in [-0.15, -0.1) is 0 Å². The van der Waals surface area contributed by atoms with E-state index in [1.807, 2.05) is 75.6 Å². The van der Waals surface area contributed by atoms with Crippen LogP contribution in [0.4, 0.5) is 11.4 Å². The normalized spacial score (nSPS) is 18.4. The largest absolute Gasteiger partial charge is 0.478 e. The number of fused-ring (bicyclic) bond motifs is 2. The lowest BCUT2D eigenvalue weighted by molar-refractivity contribution is -0.401. The molecule has 2 aliphatic rings. The Bertz CT molecular complexity index is 2140. The van der Waals surface area contributed by atoms with Crippen molar-refractivity contribution in [3.8, 4) is 0 Å². The molecule has 13 heteroatoms. The number of benzene rings is 2. The molecule has 2 aliphatic heterocycles. The molecule has 0 radical (unpaired) electrons. The van der Waals surface area contributed by atoms with E-state index >= 15 is 0 Å². The Kier molecular flexibility index (Phi) is 7.97. The van der Waals surface area contributed by atoms with E-state index in [1.54, 1.807) is 18.2 Å². The maximum Gasteiger partial charge on any atom is 0.337 e. The van der Waals surface area contributed by atoms with Crippen LogP contribution in [0.3, 0.4) is 0 Å². The highest BCUT2D eigenvalue weighted by Gasteiger charge is 2.44. The molecule has 1 aromatic heterocycles. The third-order valence-electron chi connectivity index (χ3n) is 8.75. The van der Waals surface area contributed by atoms with Gasteiger partial charge in [-0.1, -0.05) is 19.9 Å². The van der Waals surface area contributed by atoms with Gasteiger partial charge in [0.25, 0.3) is 20.2 Å². The van der Waals surface area contributed by atoms with Crippen molar-refractivity contribution in [3.05, 3.63) is 107 Å². The Hall–Kier alpha value is -4.43. The second-order valence-corrected chi connectivity index (χ2v) is 15.1. The van der Waals surface area contributed by atoms with Crippen LogP contribution < -0.4 is 4.90 Å². The van der Waals surface area contributed by atoms with Gasteiger partial charge >= 0.3 is 5.97 Å². The van der Waals surface area contributed by atoms with Crippen molar-refractivity contribution in [2.24, 2.45) is 0 Å². The van der Waals surface area contributed by atoms with Crippen LogP contribution in [0.5, 0.6) is 0 Å². The van der Waals surface area contributed by atoms with Gasteiger partial charge in [0.1, 0.15) is 7.05 Å². The van der Waals surface area contributed by atoms with Crippen molar-refractivity contribution in [1.29, 1.82) is 0 Å². The number of likely N-dealkylation sites (N-methyl/N-ethyl adjacent to an activating group) is 1. The molecule has 0 fully saturated rings. The molecule has 0 aliphatic carbocycles. The van der Waals surface area contributed by atoms with Crippen LogP contribution in [0.2, 0.25) is 0 Å². The quantitative estimate of drug-likeness (QED) is 0.173. The molecule has 0 spiro atoms. The molecule has 0 bridgehead atoms. The minimum Gasteiger partial charge on any atom is -0.478 e. The van der Waals surface area contributed by atoms with E-state index < -0.39 is 37.0 Å². The minimum absolute atomic E-state index is 0.0308. The van der Waals surface area contributed by atoms with E-state index in [0.717, 1.165) is 33.9 Å². The topological polar surface area (TPSA) is 165 Å². The third kappa shape index (κ3) is 5.71. The lowest BCUT2D eigenvalue weighted by Gasteiger charge is -2.24. The Morgan fingerprint density at radius 1 is 0.891 bits per heavy atom. The first-order valence-corrected chi connectivity index (χ1v) is 17.0. The molecule has 3 heterocycles. The number of nitrogens with zero attached hydrogens (tertiary/aromatic N) is 3. The van der Waals surface area contributed by atoms with Crippen molar-refractivity contribution >= 4 is 48.9 Å². The number of hydrogen-bond acceptors (Lipinski definition) is 7. The smallest absolute Gasteiger partial charge is 0.337 e. The van der Waals surface area contributed by atoms with Crippen LogP contribution in [0.25, 0.3) is 5.57 Å². The summed E-state index contributed by atoms with van der Waals surface area (Å²) < 4.78 is 68.6. The molecule has 3 aromatic rings. The number of hydrogen-bond donors (Lipinski definition) is 3. The monoisotopic (exact) mass is 664 g/mol. The zero-order valence-electron chi connectivity index (χ0n) is 26.0. The second kappa shape index (κ2) is 11.1. The van der Waals surface area contributed by atoms with Gasteiger partial charge in [0.05, 0.1) is 26.5 Å². The summed E-state index contributed by atoms with van der Waals surface area (Å²) in [5.74, 6) is -1.11. The molecule has 0 saturated carbocycles. The number of aromatic nitrogens is 1. The van der Waals surface area contributed by atoms with Crippen LogP contribution in [0, 0.1) is 0 Å². The molecule has 0 unspecified atom stereocenters. The fraction of sp³-hybridized carbons (Fsp3) is 0.242. The number of aromatic carboxylic acids is 1. The Morgan fingerprint density at radius 3 is 2.07 bits per heavy atom. The van der Waals surface area contributed by atoms with Crippen molar-refractivity contribution in [1.82, 2.24) is 4.98 Å². The summed E-state index contributed by atoms with van der Waals surface area (Å²) in [6.45, 7) is 7.79. The van der Waals surface area contributed by atoms with E-state index in [0.29, 0.717) is 11.3 Å². The summed E-state index contributed by atoms with van der Waals surface area (Å²) >= 11 is 0. The maximum absolute atomic E-state index is 11.9. The van der Waals surface area contributed by atoms with Gasteiger partial charge in [-0.3, -0.25) is 14.1 Å². The van der Waals surface area contributed by atoms with Gasteiger partial charge < -0.3 is 10.0 Å². The van der Waals surface area contributed by atoms with Gasteiger partial charge in [-0.25, -0.2) is 4.79 Å². The van der Waals surface area contributed by atoms with E-state index in [4.69, 9.17) is 0 Å². The molecular weight excluding hydrogens is 631 g/mol. The maximum atomic E-state index is 11.9. The number of pyridine rings is 1. The van der Waals surface area contributed by atoms with Gasteiger partial charge in [-0.2, -0.15) is 21.4 Å². The van der Waals surface area contributed by atoms with Gasteiger partial charge in [0.15, 0.2) is 5.71 Å². The van der Waals surface area contributed by atoms with Crippen molar-refractivity contribution in [2.75, 3.05) is 19.0 Å². The first-order valence-electron chi connectivity index (χ1n) is 14.1. The lowest BCUT2D eigenvalue weighted by Crippen LogP contribution is -2.26. The number of rotatable bonds is 7. The molecule has 0 amide bonds. The third-order valence-corrected chi connectivity index (χ3v) is 10.5. The van der Waals surface area contributed by atoms with Crippen LogP contribution >= 0.6 is 0 Å². The molecule has 0 saturated heterocycles. The van der Waals surface area contributed by atoms with E-state index in [9.17, 15) is 35.8 Å². The Balaban J connectivity index is 1.61. The average molecular weight is 665 g/mol. The van der Waals surface area contributed by atoms with E-state index in [-0.39, 0.29) is 15.4 Å². The van der Waals surface area contributed by atoms with Crippen LogP contribution in [-0.4, -0.2) is 66.4 Å². The molecular formula is C33H34N3O8S2+. The SMILES string of the molecule is CN1/C(=C/C=C(/C=C/C2=[N+](C)c3ccc(S(=O)(=O)O)cc3C2(C)C)c2ccc(C(=O)O)cn2)C(C)(C)c2cc(S(=O)(=O)O)ccc21. The van der Waals surface area contributed by atoms with Crippen molar-refractivity contribution < 1.29 is 40.4 Å². The summed E-state index contributed by atoms with van der Waals surface area (Å²) in [6, 6.07) is 12.0. The standard InChI is InChI=1S/C33H33N3O8S2/c1-32(2)24-17-22(45(39,40)41)10-13-27(24)35(5)29(32)15-8-20(26-12-7-21(19-34-26)31(37)38)9-16-30-33(3,4)25-18-23(46(42,43)44)11-14-28(25)36(30)6/h7-19H,1-6H3,(H2-,37,38,39,40,41,42,43,44)/p+1. The average Bonchev–Trinajstić information content (AvgIpc) is 3.29. The Labute approximate surface area is 268 Å². The van der Waals surface area contributed by atoms with Crippen LogP contribution in [-0.2, 0) is 31.1 Å². The minimum atomic E-state index is -4.40. The highest BCUT2D eigenvalue weighted by molar-refractivity contribution is 7.86. The number of anilines is 1. The highest BCUT2D eigenvalue weighted by atomic mass is 32.2. The van der Waals surface area contributed by atoms with E-state index in [2.05, 4.69) is 4.98 Å². The predicted molar refractivity (Wildman–Crippen MR) is 174 cm³/mol. The van der Waals surface area contributed by atoms with Crippen molar-refractivity contribution in [3.63, 3.8) is 0 Å². The predicted octanol–water partition coefficient (Wildman–Crippen LogP) is 5.23. The zero-order valence-corrected chi connectivity index (χ0v) is 27.7.